The Balaban J connectivity index is 1.56. The fourth-order valence-electron chi connectivity index (χ4n) is 2.95. The van der Waals surface area contributed by atoms with Crippen LogP contribution in [0.25, 0.3) is 0 Å². The van der Waals surface area contributed by atoms with Crippen LogP contribution < -0.4 is 10.6 Å². The maximum Gasteiger partial charge on any atom is 0.191 e. The van der Waals surface area contributed by atoms with Gasteiger partial charge in [0, 0.05) is 53.7 Å². The van der Waals surface area contributed by atoms with Crippen molar-refractivity contribution < 1.29 is 14.2 Å². The Bertz CT molecular complexity index is 531. The third kappa shape index (κ3) is 8.17. The highest BCUT2D eigenvalue weighted by Crippen LogP contribution is 2.14. The molecule has 26 heavy (non-hydrogen) atoms. The van der Waals surface area contributed by atoms with E-state index in [4.69, 9.17) is 14.2 Å². The number of nitrogens with one attached hydrogen (secondary N) is 2. The first-order chi connectivity index (χ1) is 12.8. The molecular formula is C20H33N3O3. The van der Waals surface area contributed by atoms with Crippen LogP contribution in [0.15, 0.2) is 29.3 Å². The van der Waals surface area contributed by atoms with E-state index in [9.17, 15) is 0 Å². The molecule has 0 amide bonds. The molecule has 1 heterocycles. The van der Waals surface area contributed by atoms with Gasteiger partial charge in [0.25, 0.3) is 0 Å². The molecule has 1 aromatic carbocycles. The van der Waals surface area contributed by atoms with Crippen LogP contribution in [0.4, 0.5) is 0 Å². The Kier molecular flexibility index (Phi) is 10.1. The molecule has 146 valence electrons. The molecule has 1 saturated heterocycles. The molecule has 2 rings (SSSR count). The lowest BCUT2D eigenvalue weighted by atomic mass is 10.0. The molecule has 0 unspecified atom stereocenters. The number of rotatable bonds is 10. The fourth-order valence-corrected chi connectivity index (χ4v) is 2.95. The van der Waals surface area contributed by atoms with E-state index in [-0.39, 0.29) is 0 Å². The molecule has 2 N–H and O–H groups in total. The van der Waals surface area contributed by atoms with E-state index in [1.54, 1.807) is 14.2 Å². The van der Waals surface area contributed by atoms with Crippen LogP contribution in [0.2, 0.25) is 0 Å². The first-order valence-electron chi connectivity index (χ1n) is 9.48. The van der Waals surface area contributed by atoms with Crippen molar-refractivity contribution in [3.63, 3.8) is 0 Å². The van der Waals surface area contributed by atoms with Crippen molar-refractivity contribution in [2.75, 3.05) is 47.1 Å². The molecule has 0 aromatic heterocycles. The average molecular weight is 364 g/mol. The van der Waals surface area contributed by atoms with Gasteiger partial charge >= 0.3 is 0 Å². The zero-order valence-corrected chi connectivity index (χ0v) is 16.1. The second kappa shape index (κ2) is 12.7. The van der Waals surface area contributed by atoms with Crippen molar-refractivity contribution in [3.05, 3.63) is 35.4 Å². The summed E-state index contributed by atoms with van der Waals surface area (Å²) in [5.74, 6) is 1.48. The van der Waals surface area contributed by atoms with Gasteiger partial charge in [-0.25, -0.2) is 0 Å². The maximum absolute atomic E-state index is 5.79. The molecule has 1 aromatic rings. The minimum atomic E-state index is 0.634. The predicted molar refractivity (Wildman–Crippen MR) is 104 cm³/mol. The number of hydrogen-bond donors (Lipinski definition) is 2. The normalized spacial score (nSPS) is 15.8. The molecular weight excluding hydrogens is 330 g/mol. The maximum atomic E-state index is 5.79. The van der Waals surface area contributed by atoms with Gasteiger partial charge in [-0.1, -0.05) is 24.3 Å². The van der Waals surface area contributed by atoms with Crippen molar-refractivity contribution in [2.45, 2.75) is 32.4 Å². The fraction of sp³-hybridized carbons (Fsp3) is 0.650. The van der Waals surface area contributed by atoms with E-state index < -0.39 is 0 Å². The Morgan fingerprint density at radius 3 is 2.81 bits per heavy atom. The number of hydrogen-bond acceptors (Lipinski definition) is 4. The molecule has 0 saturated carbocycles. The Hall–Kier alpha value is -1.63. The van der Waals surface area contributed by atoms with Gasteiger partial charge in [0.2, 0.25) is 0 Å². The van der Waals surface area contributed by atoms with Crippen LogP contribution in [0.1, 0.15) is 30.4 Å². The third-order valence-electron chi connectivity index (χ3n) is 4.44. The lowest BCUT2D eigenvalue weighted by Gasteiger charge is -2.21. The number of guanidine groups is 1. The van der Waals surface area contributed by atoms with Crippen LogP contribution in [0.5, 0.6) is 0 Å². The molecule has 0 atom stereocenters. The zero-order chi connectivity index (χ0) is 18.5. The summed E-state index contributed by atoms with van der Waals surface area (Å²) >= 11 is 0. The summed E-state index contributed by atoms with van der Waals surface area (Å²) in [6, 6.07) is 8.37. The van der Waals surface area contributed by atoms with E-state index >= 15 is 0 Å². The molecule has 1 aliphatic heterocycles. The minimum absolute atomic E-state index is 0.634. The monoisotopic (exact) mass is 363 g/mol. The standard InChI is InChI=1S/C20H33N3O3/c1-21-20(23-14-18-5-3-6-19(13-18)15-24-2)22-9-4-10-26-16-17-7-11-25-12-8-17/h3,5-6,13,17H,4,7-12,14-16H2,1-2H3,(H2,21,22,23). The topological polar surface area (TPSA) is 64.1 Å². The van der Waals surface area contributed by atoms with Gasteiger partial charge in [0.1, 0.15) is 0 Å². The van der Waals surface area contributed by atoms with Gasteiger partial charge in [-0.05, 0) is 36.3 Å². The highest BCUT2D eigenvalue weighted by molar-refractivity contribution is 5.79. The Morgan fingerprint density at radius 2 is 2.04 bits per heavy atom. The average Bonchev–Trinajstić information content (AvgIpc) is 2.68. The highest BCUT2D eigenvalue weighted by Gasteiger charge is 2.13. The van der Waals surface area contributed by atoms with Gasteiger partial charge in [-0.3, -0.25) is 4.99 Å². The molecule has 0 bridgehead atoms. The summed E-state index contributed by atoms with van der Waals surface area (Å²) in [7, 11) is 3.50. The van der Waals surface area contributed by atoms with Gasteiger partial charge in [-0.2, -0.15) is 0 Å². The summed E-state index contributed by atoms with van der Waals surface area (Å²) < 4.78 is 16.3. The molecule has 1 aliphatic rings. The van der Waals surface area contributed by atoms with E-state index in [0.717, 1.165) is 64.7 Å². The van der Waals surface area contributed by atoms with Crippen molar-refractivity contribution in [1.82, 2.24) is 10.6 Å². The van der Waals surface area contributed by atoms with Gasteiger partial charge in [0.05, 0.1) is 6.61 Å². The molecule has 0 spiro atoms. The Labute approximate surface area is 157 Å². The number of nitrogens with zero attached hydrogens (tertiary/aromatic N) is 1. The summed E-state index contributed by atoms with van der Waals surface area (Å²) in [6.07, 6.45) is 3.22. The molecule has 0 radical (unpaired) electrons. The Morgan fingerprint density at radius 1 is 1.23 bits per heavy atom. The summed E-state index contributed by atoms with van der Waals surface area (Å²) in [4.78, 5) is 4.27. The molecule has 6 nitrogen and oxygen atoms in total. The number of benzene rings is 1. The lowest BCUT2D eigenvalue weighted by molar-refractivity contribution is 0.0203. The smallest absolute Gasteiger partial charge is 0.191 e. The summed E-state index contributed by atoms with van der Waals surface area (Å²) in [6.45, 7) is 5.61. The SMILES string of the molecule is CN=C(NCCCOCC1CCOCC1)NCc1cccc(COC)c1. The van der Waals surface area contributed by atoms with E-state index in [1.807, 2.05) is 0 Å². The van der Waals surface area contributed by atoms with Crippen LogP contribution in [0, 0.1) is 5.92 Å². The third-order valence-corrected chi connectivity index (χ3v) is 4.44. The number of methoxy groups -OCH3 is 1. The number of ether oxygens (including phenoxy) is 3. The highest BCUT2D eigenvalue weighted by atomic mass is 16.5. The van der Waals surface area contributed by atoms with Crippen molar-refractivity contribution in [1.29, 1.82) is 0 Å². The first-order valence-corrected chi connectivity index (χ1v) is 9.48. The first kappa shape index (κ1) is 20.7. The van der Waals surface area contributed by atoms with Crippen LogP contribution >= 0.6 is 0 Å². The van der Waals surface area contributed by atoms with Crippen LogP contribution in [0.3, 0.4) is 0 Å². The number of aliphatic imine (C=N–C) groups is 1. The van der Waals surface area contributed by atoms with Gasteiger partial charge in [-0.15, -0.1) is 0 Å². The van der Waals surface area contributed by atoms with Crippen molar-refractivity contribution >= 4 is 5.96 Å². The molecule has 1 fully saturated rings. The predicted octanol–water partition coefficient (Wildman–Crippen LogP) is 2.33. The quantitative estimate of drug-likeness (QED) is 0.379. The van der Waals surface area contributed by atoms with Crippen molar-refractivity contribution in [2.24, 2.45) is 10.9 Å². The molecule has 6 heteroatoms. The zero-order valence-electron chi connectivity index (χ0n) is 16.1. The van der Waals surface area contributed by atoms with Crippen LogP contribution in [-0.2, 0) is 27.4 Å². The van der Waals surface area contributed by atoms with E-state index in [1.165, 1.54) is 11.1 Å². The van der Waals surface area contributed by atoms with E-state index in [0.29, 0.717) is 12.5 Å². The summed E-state index contributed by atoms with van der Waals surface area (Å²) in [5, 5.41) is 6.67. The van der Waals surface area contributed by atoms with E-state index in [2.05, 4.69) is 39.9 Å². The second-order valence-corrected chi connectivity index (χ2v) is 6.59. The second-order valence-electron chi connectivity index (χ2n) is 6.59. The molecule has 0 aliphatic carbocycles. The van der Waals surface area contributed by atoms with Gasteiger partial charge < -0.3 is 24.8 Å². The summed E-state index contributed by atoms with van der Waals surface area (Å²) in [5.41, 5.74) is 2.39. The van der Waals surface area contributed by atoms with Crippen molar-refractivity contribution in [3.8, 4) is 0 Å². The van der Waals surface area contributed by atoms with Gasteiger partial charge in [0.15, 0.2) is 5.96 Å². The van der Waals surface area contributed by atoms with Crippen LogP contribution in [-0.4, -0.2) is 53.1 Å². The minimum Gasteiger partial charge on any atom is -0.381 e. The lowest BCUT2D eigenvalue weighted by Crippen LogP contribution is -2.37. The largest absolute Gasteiger partial charge is 0.381 e.